The Bertz CT molecular complexity index is 1270. The van der Waals surface area contributed by atoms with Crippen LogP contribution >= 0.6 is 0 Å². The summed E-state index contributed by atoms with van der Waals surface area (Å²) in [6.45, 7) is 0.833. The molecule has 1 amide bonds. The summed E-state index contributed by atoms with van der Waals surface area (Å²) in [4.78, 5) is 27.1. The predicted molar refractivity (Wildman–Crippen MR) is 140 cm³/mol. The minimum atomic E-state index is -1.06. The molecule has 3 aromatic rings. The number of nitrogens with zero attached hydrogens (tertiary/aromatic N) is 1. The molecule has 0 aromatic heterocycles. The summed E-state index contributed by atoms with van der Waals surface area (Å²) in [6.07, 6.45) is 5.10. The van der Waals surface area contributed by atoms with Crippen LogP contribution in [0.25, 0.3) is 0 Å². The maximum Gasteiger partial charge on any atom is 0.335 e. The highest BCUT2D eigenvalue weighted by Crippen LogP contribution is 2.39. The molecule has 1 aliphatic heterocycles. The average molecular weight is 502 g/mol. The molecule has 0 spiro atoms. The number of hydrogen-bond acceptors (Lipinski definition) is 5. The fourth-order valence-electron chi connectivity index (χ4n) is 5.13. The molecule has 3 aromatic carbocycles. The van der Waals surface area contributed by atoms with Crippen LogP contribution in [0.2, 0.25) is 0 Å². The van der Waals surface area contributed by atoms with Gasteiger partial charge >= 0.3 is 5.97 Å². The van der Waals surface area contributed by atoms with Gasteiger partial charge in [0.1, 0.15) is 12.4 Å². The molecule has 1 saturated heterocycles. The number of ether oxygens (including phenoxy) is 3. The van der Waals surface area contributed by atoms with E-state index in [9.17, 15) is 14.7 Å². The smallest absolute Gasteiger partial charge is 0.335 e. The Morgan fingerprint density at radius 2 is 1.76 bits per heavy atom. The van der Waals surface area contributed by atoms with Crippen LogP contribution in [0, 0.1) is 0 Å². The highest BCUT2D eigenvalue weighted by molar-refractivity contribution is 6.01. The number of carboxylic acid groups (broad SMARTS) is 1. The van der Waals surface area contributed by atoms with E-state index in [1.54, 1.807) is 24.1 Å². The van der Waals surface area contributed by atoms with E-state index in [1.165, 1.54) is 6.07 Å². The quantitative estimate of drug-likeness (QED) is 0.398. The number of carbonyl (C=O) groups excluding carboxylic acids is 1. The van der Waals surface area contributed by atoms with Gasteiger partial charge in [-0.25, -0.2) is 4.79 Å². The molecule has 5 rings (SSSR count). The largest absolute Gasteiger partial charge is 0.493 e. The van der Waals surface area contributed by atoms with E-state index in [0.717, 1.165) is 36.9 Å². The third-order valence-electron chi connectivity index (χ3n) is 7.09. The molecule has 7 heteroatoms. The van der Waals surface area contributed by atoms with E-state index >= 15 is 0 Å². The van der Waals surface area contributed by atoms with Crippen molar-refractivity contribution in [1.82, 2.24) is 0 Å². The lowest BCUT2D eigenvalue weighted by molar-refractivity contribution is -0.118. The normalized spacial score (nSPS) is 17.7. The molecule has 37 heavy (non-hydrogen) atoms. The highest BCUT2D eigenvalue weighted by Gasteiger charge is 2.35. The molecule has 1 aliphatic carbocycles. The Morgan fingerprint density at radius 1 is 0.973 bits per heavy atom. The third-order valence-corrected chi connectivity index (χ3v) is 7.09. The van der Waals surface area contributed by atoms with Crippen molar-refractivity contribution in [2.75, 3.05) is 18.6 Å². The average Bonchev–Trinajstić information content (AvgIpc) is 3.57. The van der Waals surface area contributed by atoms with E-state index in [1.807, 2.05) is 48.5 Å². The van der Waals surface area contributed by atoms with E-state index in [4.69, 9.17) is 14.2 Å². The zero-order valence-electron chi connectivity index (χ0n) is 20.9. The third kappa shape index (κ3) is 5.56. The van der Waals surface area contributed by atoms with Gasteiger partial charge < -0.3 is 24.2 Å². The summed E-state index contributed by atoms with van der Waals surface area (Å²) in [5.74, 6) is 0.133. The number of hydrogen-bond donors (Lipinski definition) is 1. The van der Waals surface area contributed by atoms with Gasteiger partial charge in [0.05, 0.1) is 24.7 Å². The standard InChI is InChI=1S/C30H31NO6/c1-35-27-12-11-23(18-28(27)37-24-9-5-6-10-24)31-14-13-26(29(31)32)21-15-22(30(33)34)17-25(16-21)36-19-20-7-3-2-4-8-20/h2-4,7-8,11-12,15-18,24,26H,5-6,9-10,13-14,19H2,1H3,(H,33,34). The molecule has 192 valence electrons. The van der Waals surface area contributed by atoms with Gasteiger partial charge in [-0.3, -0.25) is 4.79 Å². The Labute approximate surface area is 216 Å². The van der Waals surface area contributed by atoms with Crippen LogP contribution in [0.15, 0.2) is 66.7 Å². The number of benzene rings is 3. The molecule has 7 nitrogen and oxygen atoms in total. The van der Waals surface area contributed by atoms with Crippen LogP contribution < -0.4 is 19.1 Å². The summed E-state index contributed by atoms with van der Waals surface area (Å²) < 4.78 is 17.6. The molecule has 0 bridgehead atoms. The monoisotopic (exact) mass is 501 g/mol. The number of rotatable bonds is 9. The SMILES string of the molecule is COc1ccc(N2CCC(c3cc(OCc4ccccc4)cc(C(=O)O)c3)C2=O)cc1OC1CCCC1. The van der Waals surface area contributed by atoms with Crippen LogP contribution in [0.4, 0.5) is 5.69 Å². The Morgan fingerprint density at radius 3 is 2.49 bits per heavy atom. The number of methoxy groups -OCH3 is 1. The van der Waals surface area contributed by atoms with Crippen molar-refractivity contribution in [2.24, 2.45) is 0 Å². The van der Waals surface area contributed by atoms with Crippen molar-refractivity contribution < 1.29 is 28.9 Å². The lowest BCUT2D eigenvalue weighted by Crippen LogP contribution is -2.26. The van der Waals surface area contributed by atoms with Gasteiger partial charge in [-0.2, -0.15) is 0 Å². The summed E-state index contributed by atoms with van der Waals surface area (Å²) in [7, 11) is 1.61. The lowest BCUT2D eigenvalue weighted by atomic mass is 9.95. The second-order valence-electron chi connectivity index (χ2n) is 9.56. The molecule has 1 N–H and O–H groups in total. The molecule has 2 fully saturated rings. The molecule has 2 aliphatic rings. The van der Waals surface area contributed by atoms with Crippen molar-refractivity contribution in [3.63, 3.8) is 0 Å². The maximum absolute atomic E-state index is 13.6. The van der Waals surface area contributed by atoms with Gasteiger partial charge in [-0.15, -0.1) is 0 Å². The van der Waals surface area contributed by atoms with Crippen LogP contribution in [-0.4, -0.2) is 36.7 Å². The maximum atomic E-state index is 13.6. The molecular weight excluding hydrogens is 470 g/mol. The van der Waals surface area contributed by atoms with Crippen molar-refractivity contribution >= 4 is 17.6 Å². The van der Waals surface area contributed by atoms with Gasteiger partial charge in [0, 0.05) is 18.3 Å². The molecule has 0 radical (unpaired) electrons. The van der Waals surface area contributed by atoms with Crippen LogP contribution in [0.3, 0.4) is 0 Å². The molecular formula is C30H31NO6. The van der Waals surface area contributed by atoms with Gasteiger partial charge in [0.25, 0.3) is 0 Å². The van der Waals surface area contributed by atoms with Crippen molar-refractivity contribution in [3.8, 4) is 17.2 Å². The van der Waals surface area contributed by atoms with Crippen LogP contribution in [-0.2, 0) is 11.4 Å². The predicted octanol–water partition coefficient (Wildman–Crippen LogP) is 5.81. The van der Waals surface area contributed by atoms with Crippen molar-refractivity contribution in [2.45, 2.75) is 50.7 Å². The topological polar surface area (TPSA) is 85.3 Å². The van der Waals surface area contributed by atoms with Crippen molar-refractivity contribution in [1.29, 1.82) is 0 Å². The fourth-order valence-corrected chi connectivity index (χ4v) is 5.13. The van der Waals surface area contributed by atoms with Crippen LogP contribution in [0.1, 0.15) is 59.5 Å². The summed E-state index contributed by atoms with van der Waals surface area (Å²) in [6, 6.07) is 20.1. The molecule has 1 atom stereocenters. The number of anilines is 1. The number of carbonyl (C=O) groups is 2. The first-order chi connectivity index (χ1) is 18.0. The van der Waals surface area contributed by atoms with Gasteiger partial charge in [0.2, 0.25) is 5.91 Å². The van der Waals surface area contributed by atoms with Crippen LogP contribution in [0.5, 0.6) is 17.2 Å². The first-order valence-electron chi connectivity index (χ1n) is 12.7. The Balaban J connectivity index is 1.37. The summed E-state index contributed by atoms with van der Waals surface area (Å²) in [5.41, 5.74) is 2.47. The number of aromatic carboxylic acids is 1. The first kappa shape index (κ1) is 24.7. The number of carboxylic acids is 1. The zero-order chi connectivity index (χ0) is 25.8. The van der Waals surface area contributed by atoms with E-state index in [0.29, 0.717) is 42.4 Å². The van der Waals surface area contributed by atoms with Gasteiger partial charge in [-0.05, 0) is 73.6 Å². The Kier molecular flexibility index (Phi) is 7.30. The molecule has 1 heterocycles. The zero-order valence-corrected chi connectivity index (χ0v) is 20.9. The number of amides is 1. The second-order valence-corrected chi connectivity index (χ2v) is 9.56. The fraction of sp³-hybridized carbons (Fsp3) is 0.333. The minimum absolute atomic E-state index is 0.0754. The van der Waals surface area contributed by atoms with Gasteiger partial charge in [-0.1, -0.05) is 30.3 Å². The Hall–Kier alpha value is -4.00. The second kappa shape index (κ2) is 10.9. The van der Waals surface area contributed by atoms with Crippen molar-refractivity contribution in [3.05, 3.63) is 83.4 Å². The first-order valence-corrected chi connectivity index (χ1v) is 12.7. The highest BCUT2D eigenvalue weighted by atomic mass is 16.5. The lowest BCUT2D eigenvalue weighted by Gasteiger charge is -2.21. The minimum Gasteiger partial charge on any atom is -0.493 e. The van der Waals surface area contributed by atoms with E-state index in [-0.39, 0.29) is 17.6 Å². The molecule has 1 unspecified atom stereocenters. The molecule has 1 saturated carbocycles. The van der Waals surface area contributed by atoms with E-state index in [2.05, 4.69) is 0 Å². The van der Waals surface area contributed by atoms with E-state index < -0.39 is 11.9 Å². The summed E-state index contributed by atoms with van der Waals surface area (Å²) in [5, 5.41) is 9.68. The summed E-state index contributed by atoms with van der Waals surface area (Å²) >= 11 is 0. The van der Waals surface area contributed by atoms with Gasteiger partial charge in [0.15, 0.2) is 11.5 Å².